The Morgan fingerprint density at radius 2 is 1.82 bits per heavy atom. The second kappa shape index (κ2) is 9.23. The number of tetrazole rings is 1. The highest BCUT2D eigenvalue weighted by Crippen LogP contribution is 2.25. The largest absolute Gasteiger partial charge is 0.497 e. The van der Waals surface area contributed by atoms with Gasteiger partial charge in [0.05, 0.1) is 24.7 Å². The number of thioether (sulfide) groups is 1. The van der Waals surface area contributed by atoms with E-state index in [4.69, 9.17) is 9.47 Å². The molecule has 0 aliphatic carbocycles. The van der Waals surface area contributed by atoms with Crippen LogP contribution < -0.4 is 14.8 Å². The van der Waals surface area contributed by atoms with E-state index in [1.807, 2.05) is 62.4 Å². The molecule has 3 aromatic rings. The zero-order valence-corrected chi connectivity index (χ0v) is 16.6. The minimum atomic E-state index is -0.394. The maximum atomic E-state index is 12.5. The van der Waals surface area contributed by atoms with Gasteiger partial charge in [0.25, 0.3) is 0 Å². The molecule has 0 saturated carbocycles. The van der Waals surface area contributed by atoms with Crippen LogP contribution in [0.4, 0.5) is 5.69 Å². The number of nitrogens with one attached hydrogen (secondary N) is 1. The Morgan fingerprint density at radius 1 is 1.14 bits per heavy atom. The molecule has 1 aromatic heterocycles. The molecule has 0 bridgehead atoms. The summed E-state index contributed by atoms with van der Waals surface area (Å²) in [7, 11) is 1.61. The predicted molar refractivity (Wildman–Crippen MR) is 107 cm³/mol. The fraction of sp³-hybridized carbons (Fsp3) is 0.263. The first-order valence-corrected chi connectivity index (χ1v) is 9.62. The van der Waals surface area contributed by atoms with Crippen LogP contribution in [0.1, 0.15) is 13.8 Å². The monoisotopic (exact) mass is 399 g/mol. The van der Waals surface area contributed by atoms with Crippen molar-refractivity contribution in [3.63, 3.8) is 0 Å². The molecule has 0 saturated heterocycles. The molecule has 8 nitrogen and oxygen atoms in total. The highest BCUT2D eigenvalue weighted by atomic mass is 32.2. The molecular formula is C19H21N5O3S. The molecule has 0 aliphatic heterocycles. The van der Waals surface area contributed by atoms with Gasteiger partial charge in [0.1, 0.15) is 11.5 Å². The molecule has 3 rings (SSSR count). The number of aromatic nitrogens is 4. The lowest BCUT2D eigenvalue weighted by Gasteiger charge is -2.12. The second-order valence-electron chi connectivity index (χ2n) is 5.78. The fourth-order valence-electron chi connectivity index (χ4n) is 2.39. The lowest BCUT2D eigenvalue weighted by molar-refractivity contribution is -0.115. The lowest BCUT2D eigenvalue weighted by Crippen LogP contribution is -2.22. The molecule has 9 heteroatoms. The van der Waals surface area contributed by atoms with Crippen molar-refractivity contribution in [3.05, 3.63) is 48.5 Å². The Morgan fingerprint density at radius 3 is 2.46 bits per heavy atom. The molecule has 28 heavy (non-hydrogen) atoms. The van der Waals surface area contributed by atoms with Crippen molar-refractivity contribution in [1.82, 2.24) is 20.2 Å². The van der Waals surface area contributed by atoms with Gasteiger partial charge in [-0.15, -0.1) is 5.10 Å². The maximum absolute atomic E-state index is 12.5. The van der Waals surface area contributed by atoms with E-state index in [-0.39, 0.29) is 5.91 Å². The number of amides is 1. The summed E-state index contributed by atoms with van der Waals surface area (Å²) < 4.78 is 12.2. The molecule has 1 unspecified atom stereocenters. The van der Waals surface area contributed by atoms with E-state index in [9.17, 15) is 4.79 Å². The maximum Gasteiger partial charge on any atom is 0.237 e. The molecule has 0 fully saturated rings. The van der Waals surface area contributed by atoms with Crippen LogP contribution >= 0.6 is 11.8 Å². The predicted octanol–water partition coefficient (Wildman–Crippen LogP) is 3.19. The van der Waals surface area contributed by atoms with E-state index in [2.05, 4.69) is 20.8 Å². The van der Waals surface area contributed by atoms with Gasteiger partial charge >= 0.3 is 0 Å². The van der Waals surface area contributed by atoms with Crippen molar-refractivity contribution in [2.75, 3.05) is 19.0 Å². The second-order valence-corrected chi connectivity index (χ2v) is 7.09. The molecule has 1 atom stereocenters. The number of methoxy groups -OCH3 is 1. The first-order valence-electron chi connectivity index (χ1n) is 8.74. The lowest BCUT2D eigenvalue weighted by atomic mass is 10.3. The Kier molecular flexibility index (Phi) is 6.49. The average molecular weight is 399 g/mol. The van der Waals surface area contributed by atoms with Gasteiger partial charge in [-0.05, 0) is 72.8 Å². The smallest absolute Gasteiger partial charge is 0.237 e. The third kappa shape index (κ3) is 4.80. The highest BCUT2D eigenvalue weighted by Gasteiger charge is 2.19. The van der Waals surface area contributed by atoms with Gasteiger partial charge in [-0.2, -0.15) is 4.68 Å². The Hall–Kier alpha value is -3.07. The number of rotatable bonds is 8. The minimum Gasteiger partial charge on any atom is -0.497 e. The standard InChI is InChI=1S/C19H21N5O3S/c1-4-27-17-9-5-14(6-10-17)20-18(25)13(2)28-19-21-22-23-24(19)15-7-11-16(26-3)12-8-15/h5-13H,4H2,1-3H3,(H,20,25). The fourth-order valence-corrected chi connectivity index (χ4v) is 3.20. The molecule has 2 aromatic carbocycles. The van der Waals surface area contributed by atoms with Crippen LogP contribution in [0.3, 0.4) is 0 Å². The highest BCUT2D eigenvalue weighted by molar-refractivity contribution is 8.00. The van der Waals surface area contributed by atoms with Crippen molar-refractivity contribution < 1.29 is 14.3 Å². The van der Waals surface area contributed by atoms with E-state index in [0.29, 0.717) is 17.5 Å². The van der Waals surface area contributed by atoms with Gasteiger partial charge in [-0.3, -0.25) is 4.79 Å². The van der Waals surface area contributed by atoms with Crippen LogP contribution in [-0.4, -0.2) is 45.1 Å². The molecule has 1 N–H and O–H groups in total. The van der Waals surface area contributed by atoms with Crippen molar-refractivity contribution in [2.24, 2.45) is 0 Å². The van der Waals surface area contributed by atoms with Gasteiger partial charge in [-0.1, -0.05) is 11.8 Å². The molecule has 0 aliphatic rings. The average Bonchev–Trinajstić information content (AvgIpc) is 3.17. The first kappa shape index (κ1) is 19.7. The third-order valence-corrected chi connectivity index (χ3v) is 4.88. The Balaban J connectivity index is 1.65. The third-order valence-electron chi connectivity index (χ3n) is 3.84. The number of anilines is 1. The van der Waals surface area contributed by atoms with Crippen LogP contribution in [0.25, 0.3) is 5.69 Å². The van der Waals surface area contributed by atoms with Crippen molar-refractivity contribution in [1.29, 1.82) is 0 Å². The van der Waals surface area contributed by atoms with Crippen LogP contribution in [0, 0.1) is 0 Å². The summed E-state index contributed by atoms with van der Waals surface area (Å²) in [6, 6.07) is 14.6. The summed E-state index contributed by atoms with van der Waals surface area (Å²) >= 11 is 1.28. The number of hydrogen-bond donors (Lipinski definition) is 1. The molecule has 146 valence electrons. The van der Waals surface area contributed by atoms with Crippen molar-refractivity contribution >= 4 is 23.4 Å². The Labute approximate surface area is 167 Å². The number of hydrogen-bond acceptors (Lipinski definition) is 7. The molecule has 0 radical (unpaired) electrons. The summed E-state index contributed by atoms with van der Waals surface area (Å²) in [6.45, 7) is 4.33. The van der Waals surface area contributed by atoms with Crippen LogP contribution in [0.2, 0.25) is 0 Å². The van der Waals surface area contributed by atoms with E-state index in [1.54, 1.807) is 11.8 Å². The number of carbonyl (C=O) groups excluding carboxylic acids is 1. The molecule has 0 spiro atoms. The summed E-state index contributed by atoms with van der Waals surface area (Å²) in [6.07, 6.45) is 0. The van der Waals surface area contributed by atoms with E-state index < -0.39 is 5.25 Å². The van der Waals surface area contributed by atoms with Crippen molar-refractivity contribution in [3.8, 4) is 17.2 Å². The zero-order valence-electron chi connectivity index (χ0n) is 15.8. The SMILES string of the molecule is CCOc1ccc(NC(=O)C(C)Sc2nnnn2-c2ccc(OC)cc2)cc1. The Bertz CT molecular complexity index is 912. The molecular weight excluding hydrogens is 378 g/mol. The van der Waals surface area contributed by atoms with Crippen LogP contribution in [0.5, 0.6) is 11.5 Å². The van der Waals surface area contributed by atoms with Gasteiger partial charge < -0.3 is 14.8 Å². The van der Waals surface area contributed by atoms with Crippen LogP contribution in [0.15, 0.2) is 53.7 Å². The van der Waals surface area contributed by atoms with Gasteiger partial charge in [0.15, 0.2) is 0 Å². The van der Waals surface area contributed by atoms with E-state index in [0.717, 1.165) is 17.2 Å². The quantitative estimate of drug-likeness (QED) is 0.582. The van der Waals surface area contributed by atoms with Gasteiger partial charge in [0, 0.05) is 5.69 Å². The number of carbonyl (C=O) groups is 1. The number of nitrogens with zero attached hydrogens (tertiary/aromatic N) is 4. The van der Waals surface area contributed by atoms with E-state index >= 15 is 0 Å². The topological polar surface area (TPSA) is 91.2 Å². The summed E-state index contributed by atoms with van der Waals surface area (Å²) in [4.78, 5) is 12.5. The summed E-state index contributed by atoms with van der Waals surface area (Å²) in [5, 5.41) is 14.8. The molecule has 1 heterocycles. The molecule has 1 amide bonds. The summed E-state index contributed by atoms with van der Waals surface area (Å²) in [5.41, 5.74) is 1.49. The first-order chi connectivity index (χ1) is 13.6. The van der Waals surface area contributed by atoms with Gasteiger partial charge in [-0.25, -0.2) is 0 Å². The van der Waals surface area contributed by atoms with Crippen molar-refractivity contribution in [2.45, 2.75) is 24.3 Å². The van der Waals surface area contributed by atoms with E-state index in [1.165, 1.54) is 11.8 Å². The number of ether oxygens (including phenoxy) is 2. The summed E-state index contributed by atoms with van der Waals surface area (Å²) in [5.74, 6) is 1.37. The number of benzene rings is 2. The van der Waals surface area contributed by atoms with Gasteiger partial charge in [0.2, 0.25) is 11.1 Å². The van der Waals surface area contributed by atoms with Crippen LogP contribution in [-0.2, 0) is 4.79 Å². The minimum absolute atomic E-state index is 0.140. The normalized spacial score (nSPS) is 11.7. The zero-order chi connectivity index (χ0) is 19.9.